The number of ether oxygens (including phenoxy) is 7. The third-order valence-corrected chi connectivity index (χ3v) is 10.6. The zero-order chi connectivity index (χ0) is 39.7. The first-order chi connectivity index (χ1) is 26.6. The summed E-state index contributed by atoms with van der Waals surface area (Å²) in [5.74, 6) is 3.27. The Morgan fingerprint density at radius 2 is 1.00 bits per heavy atom. The van der Waals surface area contributed by atoms with E-state index in [9.17, 15) is 9.59 Å². The summed E-state index contributed by atoms with van der Waals surface area (Å²) in [6.45, 7) is 16.1. The van der Waals surface area contributed by atoms with Crippen LogP contribution in [0.15, 0.2) is 36.4 Å². The Hall–Kier alpha value is -3.62. The highest BCUT2D eigenvalue weighted by Gasteiger charge is 2.35. The summed E-state index contributed by atoms with van der Waals surface area (Å²) in [7, 11) is 6.52. The Balaban J connectivity index is 1.34. The molecule has 0 radical (unpaired) electrons. The van der Waals surface area contributed by atoms with Gasteiger partial charge >= 0.3 is 0 Å². The first-order valence-corrected chi connectivity index (χ1v) is 19.8. The van der Waals surface area contributed by atoms with Crippen LogP contribution in [0.5, 0.6) is 23.0 Å². The van der Waals surface area contributed by atoms with E-state index in [1.54, 1.807) is 64.8 Å². The smallest absolute Gasteiger partial charge is 0.254 e. The quantitative estimate of drug-likeness (QED) is 0.145. The molecule has 0 saturated carbocycles. The van der Waals surface area contributed by atoms with Crippen LogP contribution in [-0.2, 0) is 14.2 Å². The predicted molar refractivity (Wildman–Crippen MR) is 213 cm³/mol. The van der Waals surface area contributed by atoms with Gasteiger partial charge in [-0.2, -0.15) is 0 Å². The first kappa shape index (κ1) is 44.1. The lowest BCUT2D eigenvalue weighted by Gasteiger charge is -2.32. The third-order valence-electron chi connectivity index (χ3n) is 10.6. The van der Waals surface area contributed by atoms with Crippen molar-refractivity contribution >= 4 is 11.8 Å². The second-order valence-electron chi connectivity index (χ2n) is 15.1. The molecule has 13 nitrogen and oxygen atoms in total. The van der Waals surface area contributed by atoms with E-state index in [1.165, 1.54) is 0 Å². The van der Waals surface area contributed by atoms with Crippen molar-refractivity contribution in [3.63, 3.8) is 0 Å². The molecule has 308 valence electrons. The zero-order valence-electron chi connectivity index (χ0n) is 34.4. The standard InChI is InChI=1S/C42H66N4O9/c1-29(2)45(41(47)31-11-13-37(51-7)39(19-31)54-17-9-15-49-5)25-33-21-43-23-35(33)27-53-28-36-24-44-22-34(36)26-46(30(3)4)42(48)32-12-14-38(52-8)40(20-32)55-18-10-16-50-6/h11-14,19-20,29-30,33-36,43-44H,9-10,15-18,21-28H2,1-8H3/t33-,34-,35-,36-/m0/s1. The van der Waals surface area contributed by atoms with Crippen molar-refractivity contribution in [3.8, 4) is 23.0 Å². The van der Waals surface area contributed by atoms with Crippen LogP contribution in [-0.4, -0.2) is 141 Å². The molecule has 2 N–H and O–H groups in total. The molecule has 2 aliphatic rings. The van der Waals surface area contributed by atoms with Crippen LogP contribution in [0.3, 0.4) is 0 Å². The maximum atomic E-state index is 13.9. The molecular formula is C42H66N4O9. The maximum Gasteiger partial charge on any atom is 0.254 e. The highest BCUT2D eigenvalue weighted by molar-refractivity contribution is 5.95. The van der Waals surface area contributed by atoms with E-state index in [1.807, 2.05) is 9.80 Å². The number of amides is 2. The average molecular weight is 771 g/mol. The summed E-state index contributed by atoms with van der Waals surface area (Å²) in [6, 6.07) is 10.8. The largest absolute Gasteiger partial charge is 0.493 e. The molecular weight excluding hydrogens is 704 g/mol. The van der Waals surface area contributed by atoms with E-state index in [0.29, 0.717) is 86.9 Å². The zero-order valence-corrected chi connectivity index (χ0v) is 34.4. The van der Waals surface area contributed by atoms with E-state index < -0.39 is 0 Å². The molecule has 0 aromatic heterocycles. The van der Waals surface area contributed by atoms with Crippen molar-refractivity contribution in [3.05, 3.63) is 47.5 Å². The van der Waals surface area contributed by atoms with Gasteiger partial charge in [-0.3, -0.25) is 9.59 Å². The Morgan fingerprint density at radius 1 is 0.600 bits per heavy atom. The third kappa shape index (κ3) is 12.7. The topological polar surface area (TPSA) is 129 Å². The molecule has 2 saturated heterocycles. The molecule has 0 aliphatic carbocycles. The Morgan fingerprint density at radius 3 is 1.36 bits per heavy atom. The SMILES string of the molecule is COCCCOc1cc(C(=O)N(C[C@@H]2CNC[C@H]2COC[C@@H]2CNC[C@H]2CN(C(=O)c2ccc(OC)c(OCCCOC)c2)C(C)C)C(C)C)ccc1OC. The summed E-state index contributed by atoms with van der Waals surface area (Å²) in [6.07, 6.45) is 1.47. The minimum absolute atomic E-state index is 0.0118. The van der Waals surface area contributed by atoms with Crippen molar-refractivity contribution in [2.24, 2.45) is 23.7 Å². The van der Waals surface area contributed by atoms with E-state index in [-0.39, 0.29) is 47.6 Å². The molecule has 2 fully saturated rings. The normalized spacial score (nSPS) is 19.5. The number of benzene rings is 2. The van der Waals surface area contributed by atoms with Crippen molar-refractivity contribution in [2.45, 2.75) is 52.6 Å². The van der Waals surface area contributed by atoms with Gasteiger partial charge in [0.2, 0.25) is 0 Å². The van der Waals surface area contributed by atoms with Gasteiger partial charge in [0.15, 0.2) is 23.0 Å². The molecule has 2 amide bonds. The van der Waals surface area contributed by atoms with Crippen molar-refractivity contribution < 1.29 is 42.7 Å². The Labute approximate surface area is 328 Å². The number of nitrogens with one attached hydrogen (secondary N) is 2. The monoisotopic (exact) mass is 770 g/mol. The fourth-order valence-corrected chi connectivity index (χ4v) is 7.27. The minimum Gasteiger partial charge on any atom is -0.493 e. The lowest BCUT2D eigenvalue weighted by Crippen LogP contribution is -2.43. The minimum atomic E-state index is -0.0319. The van der Waals surface area contributed by atoms with Gasteiger partial charge in [-0.15, -0.1) is 0 Å². The average Bonchev–Trinajstić information content (AvgIpc) is 3.84. The number of rotatable bonds is 24. The Kier molecular flexibility index (Phi) is 18.3. The van der Waals surface area contributed by atoms with Crippen LogP contribution < -0.4 is 29.6 Å². The fourth-order valence-electron chi connectivity index (χ4n) is 7.27. The second kappa shape index (κ2) is 22.8. The number of hydrogen-bond donors (Lipinski definition) is 2. The molecule has 13 heteroatoms. The summed E-state index contributed by atoms with van der Waals surface area (Å²) >= 11 is 0. The van der Waals surface area contributed by atoms with Crippen LogP contribution in [0.25, 0.3) is 0 Å². The first-order valence-electron chi connectivity index (χ1n) is 19.8. The van der Waals surface area contributed by atoms with Gasteiger partial charge < -0.3 is 53.6 Å². The molecule has 0 spiro atoms. The lowest BCUT2D eigenvalue weighted by atomic mass is 9.94. The van der Waals surface area contributed by atoms with E-state index in [0.717, 1.165) is 39.0 Å². The molecule has 2 aromatic carbocycles. The van der Waals surface area contributed by atoms with Crippen LogP contribution in [0, 0.1) is 23.7 Å². The van der Waals surface area contributed by atoms with Gasteiger partial charge in [-0.25, -0.2) is 0 Å². The van der Waals surface area contributed by atoms with Crippen LogP contribution >= 0.6 is 0 Å². The van der Waals surface area contributed by atoms with Gasteiger partial charge in [-0.05, 0) is 75.9 Å². The highest BCUT2D eigenvalue weighted by atomic mass is 16.5. The van der Waals surface area contributed by atoms with E-state index >= 15 is 0 Å². The van der Waals surface area contributed by atoms with Crippen LogP contribution in [0.4, 0.5) is 0 Å². The van der Waals surface area contributed by atoms with Crippen molar-refractivity contribution in [1.29, 1.82) is 0 Å². The molecule has 2 aliphatic heterocycles. The number of carbonyl (C=O) groups is 2. The van der Waals surface area contributed by atoms with Crippen LogP contribution in [0.2, 0.25) is 0 Å². The number of hydrogen-bond acceptors (Lipinski definition) is 11. The second-order valence-corrected chi connectivity index (χ2v) is 15.1. The Bertz CT molecular complexity index is 1370. The maximum absolute atomic E-state index is 13.9. The van der Waals surface area contributed by atoms with Crippen LogP contribution in [0.1, 0.15) is 61.3 Å². The highest BCUT2D eigenvalue weighted by Crippen LogP contribution is 2.31. The molecule has 4 rings (SSSR count). The summed E-state index contributed by atoms with van der Waals surface area (Å²) in [5, 5.41) is 7.08. The van der Waals surface area contributed by atoms with Gasteiger partial charge in [0.1, 0.15) is 0 Å². The molecule has 0 unspecified atom stereocenters. The van der Waals surface area contributed by atoms with E-state index in [4.69, 9.17) is 33.2 Å². The lowest BCUT2D eigenvalue weighted by molar-refractivity contribution is 0.0399. The molecule has 55 heavy (non-hydrogen) atoms. The summed E-state index contributed by atoms with van der Waals surface area (Å²) < 4.78 is 39.7. The fraction of sp³-hybridized carbons (Fsp3) is 0.667. The summed E-state index contributed by atoms with van der Waals surface area (Å²) in [4.78, 5) is 31.8. The van der Waals surface area contributed by atoms with Gasteiger partial charge in [-0.1, -0.05) is 0 Å². The number of methoxy groups -OCH3 is 4. The van der Waals surface area contributed by atoms with Gasteiger partial charge in [0.25, 0.3) is 11.8 Å². The van der Waals surface area contributed by atoms with Crippen molar-refractivity contribution in [1.82, 2.24) is 20.4 Å². The molecule has 4 atom stereocenters. The van der Waals surface area contributed by atoms with Gasteiger partial charge in [0.05, 0.1) is 40.6 Å². The van der Waals surface area contributed by atoms with Crippen molar-refractivity contribution in [2.75, 3.05) is 107 Å². The predicted octanol–water partition coefficient (Wildman–Crippen LogP) is 4.62. The summed E-state index contributed by atoms with van der Waals surface area (Å²) in [5.41, 5.74) is 1.14. The molecule has 2 heterocycles. The molecule has 0 bridgehead atoms. The number of nitrogens with zero attached hydrogens (tertiary/aromatic N) is 2. The molecule has 2 aromatic rings. The van der Waals surface area contributed by atoms with Gasteiger partial charge in [0, 0.05) is 115 Å². The van der Waals surface area contributed by atoms with E-state index in [2.05, 4.69) is 38.3 Å². The number of carbonyl (C=O) groups excluding carboxylic acids is 2.